The quantitative estimate of drug-likeness (QED) is 0.0956. The zero-order valence-corrected chi connectivity index (χ0v) is 27.0. The van der Waals surface area contributed by atoms with Gasteiger partial charge in [-0.25, -0.2) is 14.3 Å². The molecule has 0 aliphatic rings. The highest BCUT2D eigenvalue weighted by molar-refractivity contribution is 6.02. The third-order valence-electron chi connectivity index (χ3n) is 7.72. The molecule has 0 spiro atoms. The molecule has 1 heterocycles. The molecule has 0 saturated heterocycles. The predicted octanol–water partition coefficient (Wildman–Crippen LogP) is 8.58. The van der Waals surface area contributed by atoms with E-state index in [0.717, 1.165) is 28.9 Å². The third kappa shape index (κ3) is 12.4. The Morgan fingerprint density at radius 2 is 1.34 bits per heavy atom. The van der Waals surface area contributed by atoms with Crippen molar-refractivity contribution in [2.24, 2.45) is 7.05 Å². The summed E-state index contributed by atoms with van der Waals surface area (Å²) in [5.74, 6) is 0.846. The van der Waals surface area contributed by atoms with Gasteiger partial charge in [0.1, 0.15) is 13.7 Å². The molecule has 44 heavy (non-hydrogen) atoms. The number of aromatic nitrogens is 1. The van der Waals surface area contributed by atoms with Crippen molar-refractivity contribution in [3.05, 3.63) is 89.7 Å². The molecule has 7 nitrogen and oxygen atoms in total. The van der Waals surface area contributed by atoms with Gasteiger partial charge in [0.15, 0.2) is 23.9 Å². The molecule has 0 radical (unpaired) electrons. The maximum Gasteiger partial charge on any atom is 0.417 e. The van der Waals surface area contributed by atoms with Crippen molar-refractivity contribution in [1.29, 1.82) is 0 Å². The first-order valence-electron chi connectivity index (χ1n) is 16.3. The van der Waals surface area contributed by atoms with Gasteiger partial charge in [0, 0.05) is 17.7 Å². The molecule has 0 aliphatic carbocycles. The van der Waals surface area contributed by atoms with E-state index in [1.54, 1.807) is 31.4 Å². The average Bonchev–Trinajstić information content (AvgIpc) is 3.05. The summed E-state index contributed by atoms with van der Waals surface area (Å²) in [6, 6.07) is 18.0. The van der Waals surface area contributed by atoms with Crippen molar-refractivity contribution in [3.8, 4) is 11.5 Å². The fraction of sp³-hybridized carbons (Fsp3) is 0.486. The Hall–Kier alpha value is -3.87. The van der Waals surface area contributed by atoms with E-state index in [9.17, 15) is 9.59 Å². The Labute approximate surface area is 264 Å². The Balaban J connectivity index is 1.44. The lowest BCUT2D eigenvalue weighted by atomic mass is 10.1. The normalized spacial score (nSPS) is 10.8. The number of methoxy groups -OCH3 is 1. The summed E-state index contributed by atoms with van der Waals surface area (Å²) >= 11 is 0. The Morgan fingerprint density at radius 3 is 1.95 bits per heavy atom. The van der Waals surface area contributed by atoms with Gasteiger partial charge in [-0.05, 0) is 41.8 Å². The molecule has 2 amide bonds. The molecule has 0 aliphatic heterocycles. The highest BCUT2D eigenvalue weighted by atomic mass is 16.6. The first-order valence-corrected chi connectivity index (χ1v) is 16.3. The standard InChI is InChI=1S/C37H51N2O5/c1-4-5-6-7-8-9-10-11-12-13-14-18-27-43-34-22-21-32(28-35(34)42-3)30-44-37(41)39(29-31-23-25-38(2)26-24-31)36(40)33-19-16-15-17-20-33/h15-17,19-26,28H,4-14,18,27,29-30H2,1-3H3/q+1. The second-order valence-corrected chi connectivity index (χ2v) is 11.4. The van der Waals surface area contributed by atoms with Crippen LogP contribution < -0.4 is 14.0 Å². The number of carbonyl (C=O) groups excluding carboxylic acids is 2. The lowest BCUT2D eigenvalue weighted by Gasteiger charge is -2.21. The molecule has 2 aromatic carbocycles. The van der Waals surface area contributed by atoms with Crippen LogP contribution in [0.25, 0.3) is 0 Å². The van der Waals surface area contributed by atoms with Gasteiger partial charge in [-0.3, -0.25) is 4.79 Å². The van der Waals surface area contributed by atoms with E-state index in [1.807, 2.05) is 60.4 Å². The molecular formula is C37H51N2O5+. The molecule has 3 aromatic rings. The summed E-state index contributed by atoms with van der Waals surface area (Å²) in [5, 5.41) is 0. The van der Waals surface area contributed by atoms with Crippen molar-refractivity contribution in [2.75, 3.05) is 13.7 Å². The zero-order chi connectivity index (χ0) is 31.4. The van der Waals surface area contributed by atoms with Gasteiger partial charge in [0.05, 0.1) is 20.3 Å². The molecule has 7 heteroatoms. The molecule has 238 valence electrons. The summed E-state index contributed by atoms with van der Waals surface area (Å²) in [6.07, 6.45) is 18.7. The maximum absolute atomic E-state index is 13.3. The number of pyridine rings is 1. The number of carbonyl (C=O) groups is 2. The van der Waals surface area contributed by atoms with Crippen LogP contribution in [0.2, 0.25) is 0 Å². The molecule has 0 fully saturated rings. The fourth-order valence-corrected chi connectivity index (χ4v) is 5.04. The van der Waals surface area contributed by atoms with Crippen LogP contribution in [0.15, 0.2) is 73.1 Å². The van der Waals surface area contributed by atoms with Crippen LogP contribution in [0.5, 0.6) is 11.5 Å². The van der Waals surface area contributed by atoms with E-state index >= 15 is 0 Å². The van der Waals surface area contributed by atoms with E-state index in [1.165, 1.54) is 64.2 Å². The molecular weight excluding hydrogens is 552 g/mol. The summed E-state index contributed by atoms with van der Waals surface area (Å²) in [4.78, 5) is 27.6. The van der Waals surface area contributed by atoms with E-state index in [4.69, 9.17) is 14.2 Å². The van der Waals surface area contributed by atoms with Crippen LogP contribution in [-0.2, 0) is 24.9 Å². The van der Waals surface area contributed by atoms with E-state index in [-0.39, 0.29) is 13.2 Å². The number of hydrogen-bond acceptors (Lipinski definition) is 5. The fourth-order valence-electron chi connectivity index (χ4n) is 5.04. The van der Waals surface area contributed by atoms with E-state index in [2.05, 4.69) is 6.92 Å². The maximum atomic E-state index is 13.3. The zero-order valence-electron chi connectivity index (χ0n) is 27.0. The second kappa shape index (κ2) is 20.2. The monoisotopic (exact) mass is 603 g/mol. The Kier molecular flexibility index (Phi) is 15.9. The minimum absolute atomic E-state index is 0.00344. The molecule has 0 unspecified atom stereocenters. The van der Waals surface area contributed by atoms with E-state index in [0.29, 0.717) is 23.7 Å². The summed E-state index contributed by atoms with van der Waals surface area (Å²) in [6.45, 7) is 3.00. The molecule has 0 saturated carbocycles. The molecule has 1 aromatic heterocycles. The van der Waals surface area contributed by atoms with Crippen LogP contribution in [0.1, 0.15) is 105 Å². The SMILES string of the molecule is CCCCCCCCCCCCCCOc1ccc(COC(=O)N(Cc2cc[n+](C)cc2)C(=O)c2ccccc2)cc1OC. The number of unbranched alkanes of at least 4 members (excludes halogenated alkanes) is 11. The van der Waals surface area contributed by atoms with Crippen molar-refractivity contribution in [2.45, 2.75) is 97.1 Å². The largest absolute Gasteiger partial charge is 0.493 e. The van der Waals surface area contributed by atoms with Gasteiger partial charge in [-0.15, -0.1) is 0 Å². The van der Waals surface area contributed by atoms with Crippen molar-refractivity contribution in [3.63, 3.8) is 0 Å². The summed E-state index contributed by atoms with van der Waals surface area (Å²) in [5.41, 5.74) is 1.98. The number of hydrogen-bond donors (Lipinski definition) is 0. The molecule has 0 bridgehead atoms. The third-order valence-corrected chi connectivity index (χ3v) is 7.72. The smallest absolute Gasteiger partial charge is 0.417 e. The Morgan fingerprint density at radius 1 is 0.727 bits per heavy atom. The Bertz CT molecular complexity index is 1250. The average molecular weight is 604 g/mol. The number of nitrogens with zero attached hydrogens (tertiary/aromatic N) is 2. The minimum Gasteiger partial charge on any atom is -0.493 e. The molecule has 0 atom stereocenters. The molecule has 3 rings (SSSR count). The predicted molar refractivity (Wildman–Crippen MR) is 174 cm³/mol. The highest BCUT2D eigenvalue weighted by Gasteiger charge is 2.25. The van der Waals surface area contributed by atoms with Crippen LogP contribution in [-0.4, -0.2) is 30.6 Å². The minimum atomic E-state index is -0.710. The lowest BCUT2D eigenvalue weighted by molar-refractivity contribution is -0.671. The number of aryl methyl sites for hydroxylation is 1. The van der Waals surface area contributed by atoms with Gasteiger partial charge < -0.3 is 14.2 Å². The molecule has 0 N–H and O–H groups in total. The summed E-state index contributed by atoms with van der Waals surface area (Å²) < 4.78 is 19.1. The first kappa shape index (κ1) is 34.6. The van der Waals surface area contributed by atoms with Crippen LogP contribution >= 0.6 is 0 Å². The van der Waals surface area contributed by atoms with Crippen LogP contribution in [0, 0.1) is 0 Å². The second-order valence-electron chi connectivity index (χ2n) is 11.4. The number of benzene rings is 2. The van der Waals surface area contributed by atoms with Gasteiger partial charge in [-0.2, -0.15) is 0 Å². The summed E-state index contributed by atoms with van der Waals surface area (Å²) in [7, 11) is 3.51. The van der Waals surface area contributed by atoms with Gasteiger partial charge >= 0.3 is 6.09 Å². The highest BCUT2D eigenvalue weighted by Crippen LogP contribution is 2.29. The van der Waals surface area contributed by atoms with E-state index < -0.39 is 12.0 Å². The van der Waals surface area contributed by atoms with Crippen molar-refractivity contribution < 1.29 is 28.4 Å². The van der Waals surface area contributed by atoms with Crippen LogP contribution in [0.3, 0.4) is 0 Å². The number of amides is 2. The first-order chi connectivity index (χ1) is 21.5. The van der Waals surface area contributed by atoms with Crippen molar-refractivity contribution >= 4 is 12.0 Å². The van der Waals surface area contributed by atoms with Gasteiger partial charge in [0.25, 0.3) is 5.91 Å². The number of rotatable bonds is 20. The van der Waals surface area contributed by atoms with Crippen molar-refractivity contribution in [1.82, 2.24) is 4.90 Å². The van der Waals surface area contributed by atoms with Gasteiger partial charge in [0.2, 0.25) is 0 Å². The number of imide groups is 1. The lowest BCUT2D eigenvalue weighted by Crippen LogP contribution is -2.37. The number of ether oxygens (including phenoxy) is 3. The topological polar surface area (TPSA) is 69.0 Å². The van der Waals surface area contributed by atoms with Gasteiger partial charge in [-0.1, -0.05) is 102 Å². The van der Waals surface area contributed by atoms with Crippen LogP contribution in [0.4, 0.5) is 4.79 Å².